The second-order valence-corrected chi connectivity index (χ2v) is 8.16. The molecule has 30 heavy (non-hydrogen) atoms. The summed E-state index contributed by atoms with van der Waals surface area (Å²) >= 11 is 1.39. The molecule has 1 aliphatic rings. The Bertz CT molecular complexity index is 939. The quantitative estimate of drug-likeness (QED) is 0.485. The maximum atomic E-state index is 12.5. The molecule has 0 radical (unpaired) electrons. The van der Waals surface area contributed by atoms with Crippen LogP contribution in [0.15, 0.2) is 52.3 Å². The predicted molar refractivity (Wildman–Crippen MR) is 120 cm³/mol. The molecule has 2 N–H and O–H groups in total. The lowest BCUT2D eigenvalue weighted by Gasteiger charge is -2.19. The fourth-order valence-corrected chi connectivity index (χ4v) is 3.78. The number of carbonyl (C=O) groups is 2. The molecule has 0 aromatic heterocycles. The van der Waals surface area contributed by atoms with Crippen molar-refractivity contribution in [2.24, 2.45) is 0 Å². The Morgan fingerprint density at radius 3 is 2.67 bits per heavy atom. The fraction of sp³-hybridized carbons (Fsp3) is 0.304. The minimum Gasteiger partial charge on any atom is -0.497 e. The van der Waals surface area contributed by atoms with Gasteiger partial charge in [-0.25, -0.2) is 0 Å². The van der Waals surface area contributed by atoms with Crippen molar-refractivity contribution in [3.63, 3.8) is 0 Å². The Kier molecular flexibility index (Phi) is 7.54. The van der Waals surface area contributed by atoms with Gasteiger partial charge in [-0.05, 0) is 62.2 Å². The largest absolute Gasteiger partial charge is 0.497 e. The van der Waals surface area contributed by atoms with E-state index in [-0.39, 0.29) is 17.9 Å². The number of rotatable bonds is 8. The molecule has 0 atom stereocenters. The zero-order chi connectivity index (χ0) is 21.5. The van der Waals surface area contributed by atoms with Gasteiger partial charge in [-0.15, -0.1) is 0 Å². The Hall–Kier alpha value is -2.77. The third-order valence-electron chi connectivity index (χ3n) is 4.41. The monoisotopic (exact) mass is 426 g/mol. The summed E-state index contributed by atoms with van der Waals surface area (Å²) in [5.74, 6) is 0.411. The molecule has 1 heterocycles. The van der Waals surface area contributed by atoms with Crippen LogP contribution in [0.1, 0.15) is 36.2 Å². The van der Waals surface area contributed by atoms with Gasteiger partial charge in [0.1, 0.15) is 5.75 Å². The number of nitrogens with one attached hydrogen (secondary N) is 2. The van der Waals surface area contributed by atoms with E-state index in [1.807, 2.05) is 50.3 Å². The highest BCUT2D eigenvalue weighted by molar-refractivity contribution is 8.04. The summed E-state index contributed by atoms with van der Waals surface area (Å²) in [6.07, 6.45) is 2.77. The van der Waals surface area contributed by atoms with E-state index in [1.54, 1.807) is 19.2 Å². The van der Waals surface area contributed by atoms with Crippen LogP contribution >= 0.6 is 11.8 Å². The normalized spacial score (nSPS) is 14.4. The van der Waals surface area contributed by atoms with Gasteiger partial charge in [-0.2, -0.15) is 0 Å². The number of carbonyl (C=O) groups excluding carboxylic acids is 2. The number of amides is 2. The first-order chi connectivity index (χ1) is 14.5. The Morgan fingerprint density at radius 1 is 1.20 bits per heavy atom. The lowest BCUT2D eigenvalue weighted by Crippen LogP contribution is -2.26. The summed E-state index contributed by atoms with van der Waals surface area (Å²) in [6, 6.07) is 12.8. The van der Waals surface area contributed by atoms with Gasteiger partial charge in [0.05, 0.1) is 23.8 Å². The van der Waals surface area contributed by atoms with Crippen LogP contribution in [0, 0.1) is 0 Å². The number of thioether (sulfide) groups is 1. The van der Waals surface area contributed by atoms with Crippen LogP contribution in [0.5, 0.6) is 5.75 Å². The molecule has 1 aliphatic heterocycles. The highest BCUT2D eigenvalue weighted by Gasteiger charge is 2.22. The molecule has 158 valence electrons. The third kappa shape index (κ3) is 5.87. The van der Waals surface area contributed by atoms with E-state index in [9.17, 15) is 9.59 Å². The highest BCUT2D eigenvalue weighted by Crippen LogP contribution is 2.39. The van der Waals surface area contributed by atoms with Crippen molar-refractivity contribution in [3.05, 3.63) is 58.5 Å². The SMILES string of the molecule is COc1ccc(/C=C2/Sc3ccc(C(=O)NCCCOC(C)C)cc3NC2=O)cc1. The number of hydrogen-bond acceptors (Lipinski definition) is 5. The molecule has 0 aliphatic carbocycles. The van der Waals surface area contributed by atoms with Crippen molar-refractivity contribution in [2.75, 3.05) is 25.6 Å². The molecule has 3 rings (SSSR count). The van der Waals surface area contributed by atoms with Gasteiger partial charge in [-0.1, -0.05) is 23.9 Å². The number of fused-ring (bicyclic) bond motifs is 1. The van der Waals surface area contributed by atoms with E-state index in [2.05, 4.69) is 10.6 Å². The molecule has 2 aromatic rings. The van der Waals surface area contributed by atoms with Crippen LogP contribution in [0.25, 0.3) is 6.08 Å². The zero-order valence-electron chi connectivity index (χ0n) is 17.4. The van der Waals surface area contributed by atoms with Gasteiger partial charge in [-0.3, -0.25) is 9.59 Å². The molecule has 0 fully saturated rings. The summed E-state index contributed by atoms with van der Waals surface area (Å²) in [7, 11) is 1.62. The van der Waals surface area contributed by atoms with E-state index in [1.165, 1.54) is 11.8 Å². The van der Waals surface area contributed by atoms with Crippen molar-refractivity contribution >= 4 is 35.3 Å². The van der Waals surface area contributed by atoms with E-state index < -0.39 is 0 Å². The second kappa shape index (κ2) is 10.3. The minimum absolute atomic E-state index is 0.166. The molecular formula is C23H26N2O4S. The van der Waals surface area contributed by atoms with Crippen LogP contribution in [-0.2, 0) is 9.53 Å². The highest BCUT2D eigenvalue weighted by atomic mass is 32.2. The molecule has 0 spiro atoms. The number of anilines is 1. The number of benzene rings is 2. The smallest absolute Gasteiger partial charge is 0.262 e. The Labute approximate surface area is 181 Å². The topological polar surface area (TPSA) is 76.7 Å². The average molecular weight is 427 g/mol. The van der Waals surface area contributed by atoms with Crippen LogP contribution in [0.2, 0.25) is 0 Å². The van der Waals surface area contributed by atoms with Gasteiger partial charge in [0.2, 0.25) is 0 Å². The summed E-state index contributed by atoms with van der Waals surface area (Å²) in [6.45, 7) is 5.11. The van der Waals surface area contributed by atoms with Crippen molar-refractivity contribution in [3.8, 4) is 5.75 Å². The summed E-state index contributed by atoms with van der Waals surface area (Å²) < 4.78 is 10.6. The molecular weight excluding hydrogens is 400 g/mol. The molecule has 2 aromatic carbocycles. The van der Waals surface area contributed by atoms with E-state index in [4.69, 9.17) is 9.47 Å². The maximum Gasteiger partial charge on any atom is 0.262 e. The Balaban J connectivity index is 1.63. The maximum absolute atomic E-state index is 12.5. The van der Waals surface area contributed by atoms with Crippen LogP contribution < -0.4 is 15.4 Å². The first kappa shape index (κ1) is 21.9. The third-order valence-corrected chi connectivity index (χ3v) is 5.50. The minimum atomic E-state index is -0.188. The summed E-state index contributed by atoms with van der Waals surface area (Å²) in [5, 5.41) is 5.77. The molecule has 7 heteroatoms. The number of hydrogen-bond donors (Lipinski definition) is 2. The van der Waals surface area contributed by atoms with Crippen molar-refractivity contribution in [1.82, 2.24) is 5.32 Å². The molecule has 0 saturated carbocycles. The first-order valence-electron chi connectivity index (χ1n) is 9.85. The van der Waals surface area contributed by atoms with Crippen LogP contribution in [-0.4, -0.2) is 38.2 Å². The van der Waals surface area contributed by atoms with Gasteiger partial charge < -0.3 is 20.1 Å². The van der Waals surface area contributed by atoms with Gasteiger partial charge in [0.25, 0.3) is 11.8 Å². The van der Waals surface area contributed by atoms with Crippen LogP contribution in [0.3, 0.4) is 0 Å². The fourth-order valence-electron chi connectivity index (χ4n) is 2.85. The lowest BCUT2D eigenvalue weighted by molar-refractivity contribution is -0.112. The van der Waals surface area contributed by atoms with Crippen LogP contribution in [0.4, 0.5) is 5.69 Å². The van der Waals surface area contributed by atoms with Gasteiger partial charge >= 0.3 is 0 Å². The zero-order valence-corrected chi connectivity index (χ0v) is 18.2. The molecule has 0 bridgehead atoms. The molecule has 0 saturated heterocycles. The standard InChI is InChI=1S/C23H26N2O4S/c1-15(2)29-12-4-11-24-22(26)17-7-10-20-19(14-17)25-23(27)21(30-20)13-16-5-8-18(28-3)9-6-16/h5-10,13-15H,4,11-12H2,1-3H3,(H,24,26)(H,25,27)/b21-13+. The van der Waals surface area contributed by atoms with E-state index in [0.29, 0.717) is 29.3 Å². The molecule has 6 nitrogen and oxygen atoms in total. The predicted octanol–water partition coefficient (Wildman–Crippen LogP) is 4.33. The van der Waals surface area contributed by atoms with E-state index >= 15 is 0 Å². The Morgan fingerprint density at radius 2 is 1.97 bits per heavy atom. The second-order valence-electron chi connectivity index (χ2n) is 7.08. The summed E-state index contributed by atoms with van der Waals surface area (Å²) in [5.41, 5.74) is 2.07. The van der Waals surface area contributed by atoms with Crippen molar-refractivity contribution in [1.29, 1.82) is 0 Å². The van der Waals surface area contributed by atoms with Gasteiger partial charge in [0, 0.05) is 23.6 Å². The molecule has 0 unspecified atom stereocenters. The van der Waals surface area contributed by atoms with E-state index in [0.717, 1.165) is 22.6 Å². The number of ether oxygens (including phenoxy) is 2. The lowest BCUT2D eigenvalue weighted by atomic mass is 10.1. The summed E-state index contributed by atoms with van der Waals surface area (Å²) in [4.78, 5) is 26.4. The number of methoxy groups -OCH3 is 1. The van der Waals surface area contributed by atoms with Crippen molar-refractivity contribution < 1.29 is 19.1 Å². The average Bonchev–Trinajstić information content (AvgIpc) is 2.74. The molecule has 2 amide bonds. The van der Waals surface area contributed by atoms with Gasteiger partial charge in [0.15, 0.2) is 0 Å². The van der Waals surface area contributed by atoms with Crippen molar-refractivity contribution in [2.45, 2.75) is 31.3 Å². The first-order valence-corrected chi connectivity index (χ1v) is 10.7.